The maximum Gasteiger partial charge on any atom is 0.193 e. The average molecular weight is 647 g/mol. The van der Waals surface area contributed by atoms with Crippen molar-refractivity contribution in [3.8, 4) is 17.2 Å². The summed E-state index contributed by atoms with van der Waals surface area (Å²) in [5.74, 6) is 2.10. The van der Waals surface area contributed by atoms with Crippen LogP contribution in [-0.2, 0) is 5.41 Å². The molecule has 0 aromatic heterocycles. The van der Waals surface area contributed by atoms with E-state index in [1.54, 1.807) is 0 Å². The zero-order valence-corrected chi connectivity index (χ0v) is 28.8. The third-order valence-electron chi connectivity index (χ3n) is 9.46. The second-order valence-corrected chi connectivity index (χ2v) is 13.3. The van der Waals surface area contributed by atoms with Gasteiger partial charge in [-0.25, -0.2) is 0 Å². The first-order valence-electron chi connectivity index (χ1n) is 17.0. The number of hydrogen-bond donors (Lipinski definition) is 0. The normalized spacial score (nSPS) is 12.0. The van der Waals surface area contributed by atoms with Crippen molar-refractivity contribution in [1.82, 2.24) is 0 Å². The van der Waals surface area contributed by atoms with Gasteiger partial charge in [0.1, 0.15) is 23.4 Å². The minimum Gasteiger partial charge on any atom is -0.486 e. The minimum absolute atomic E-state index is 0.00904. The number of rotatable bonds is 12. The molecule has 0 fully saturated rings. The molecule has 0 saturated heterocycles. The van der Waals surface area contributed by atoms with Crippen LogP contribution in [0.5, 0.6) is 17.2 Å². The first kappa shape index (κ1) is 33.4. The van der Waals surface area contributed by atoms with E-state index in [-0.39, 0.29) is 23.1 Å². The molecule has 6 rings (SSSR count). The van der Waals surface area contributed by atoms with Gasteiger partial charge >= 0.3 is 0 Å². The first-order valence-corrected chi connectivity index (χ1v) is 17.0. The summed E-state index contributed by atoms with van der Waals surface area (Å²) in [4.78, 5) is 26.1. The molecule has 6 aromatic rings. The molecular weight excluding hydrogens is 604 g/mol. The Morgan fingerprint density at radius 3 is 1.59 bits per heavy atom. The predicted molar refractivity (Wildman–Crippen MR) is 198 cm³/mol. The summed E-state index contributed by atoms with van der Waals surface area (Å²) < 4.78 is 12.6. The summed E-state index contributed by atoms with van der Waals surface area (Å²) in [7, 11) is 0. The van der Waals surface area contributed by atoms with E-state index in [0.717, 1.165) is 40.5 Å². The lowest BCUT2D eigenvalue weighted by molar-refractivity contribution is 0.103. The number of aryl methyl sites for hydroxylation is 1. The largest absolute Gasteiger partial charge is 0.486 e. The van der Waals surface area contributed by atoms with Crippen molar-refractivity contribution in [1.29, 1.82) is 0 Å². The molecule has 0 radical (unpaired) electrons. The van der Waals surface area contributed by atoms with E-state index >= 15 is 0 Å². The lowest BCUT2D eigenvalue weighted by Gasteiger charge is -2.23. The van der Waals surface area contributed by atoms with Gasteiger partial charge < -0.3 is 9.47 Å². The van der Waals surface area contributed by atoms with Gasteiger partial charge in [-0.15, -0.1) is 0 Å². The third-order valence-corrected chi connectivity index (χ3v) is 9.46. The van der Waals surface area contributed by atoms with Gasteiger partial charge in [-0.05, 0) is 95.6 Å². The summed E-state index contributed by atoms with van der Waals surface area (Å²) in [6.45, 7) is 10.7. The molecule has 0 N–H and O–H groups in total. The standard InChI is InChI=1S/C45H42O4/c1-6-42(32-12-14-34(15-13-32)43(46)33-10-8-30(3)9-11-33)49-41-27-19-31-18-26-40(28-37(31)29-41)48-39-24-20-36(21-25-39)44(47)35-16-22-38(23-17-35)45(4,5)7-2/h8-29,42H,6-7H2,1-5H3. The van der Waals surface area contributed by atoms with Crippen LogP contribution in [0.3, 0.4) is 0 Å². The van der Waals surface area contributed by atoms with Gasteiger partial charge in [0.15, 0.2) is 11.6 Å². The van der Waals surface area contributed by atoms with Gasteiger partial charge in [0.05, 0.1) is 0 Å². The van der Waals surface area contributed by atoms with Crippen LogP contribution < -0.4 is 9.47 Å². The van der Waals surface area contributed by atoms with E-state index in [2.05, 4.69) is 39.8 Å². The molecule has 49 heavy (non-hydrogen) atoms. The Morgan fingerprint density at radius 2 is 1.04 bits per heavy atom. The van der Waals surface area contributed by atoms with E-state index in [4.69, 9.17) is 9.47 Å². The second-order valence-electron chi connectivity index (χ2n) is 13.3. The molecule has 4 heteroatoms. The van der Waals surface area contributed by atoms with Crippen molar-refractivity contribution in [2.45, 2.75) is 59.0 Å². The molecule has 0 heterocycles. The van der Waals surface area contributed by atoms with Crippen LogP contribution in [0.4, 0.5) is 0 Å². The number of benzene rings is 6. The van der Waals surface area contributed by atoms with Crippen LogP contribution in [0.1, 0.15) is 95.2 Å². The number of carbonyl (C=O) groups excluding carboxylic acids is 2. The molecule has 0 bridgehead atoms. The maximum atomic E-state index is 13.2. The molecular formula is C45H42O4. The van der Waals surface area contributed by atoms with Crippen LogP contribution in [0.15, 0.2) is 133 Å². The van der Waals surface area contributed by atoms with Gasteiger partial charge in [-0.2, -0.15) is 0 Å². The Balaban J connectivity index is 1.12. The molecule has 0 spiro atoms. The van der Waals surface area contributed by atoms with E-state index in [0.29, 0.717) is 33.8 Å². The highest BCUT2D eigenvalue weighted by atomic mass is 16.5. The summed E-state index contributed by atoms with van der Waals surface area (Å²) in [6, 6.07) is 42.6. The van der Waals surface area contributed by atoms with Gasteiger partial charge in [0.2, 0.25) is 0 Å². The smallest absolute Gasteiger partial charge is 0.193 e. The van der Waals surface area contributed by atoms with Gasteiger partial charge in [0, 0.05) is 22.3 Å². The Hall–Kier alpha value is -5.48. The van der Waals surface area contributed by atoms with Gasteiger partial charge in [-0.1, -0.05) is 118 Å². The molecule has 1 unspecified atom stereocenters. The molecule has 0 aliphatic carbocycles. The fourth-order valence-electron chi connectivity index (χ4n) is 5.87. The van der Waals surface area contributed by atoms with Crippen molar-refractivity contribution < 1.29 is 19.1 Å². The topological polar surface area (TPSA) is 52.6 Å². The Bertz CT molecular complexity index is 2070. The van der Waals surface area contributed by atoms with Crippen LogP contribution in [0.25, 0.3) is 10.8 Å². The maximum absolute atomic E-state index is 13.2. The van der Waals surface area contributed by atoms with Gasteiger partial charge in [-0.3, -0.25) is 9.59 Å². The summed E-state index contributed by atoms with van der Waals surface area (Å²) in [5, 5.41) is 2.06. The lowest BCUT2D eigenvalue weighted by atomic mass is 9.82. The number of carbonyl (C=O) groups is 2. The molecule has 0 aliphatic rings. The molecule has 1 atom stereocenters. The summed E-state index contributed by atoms with van der Waals surface area (Å²) in [6.07, 6.45) is 1.64. The van der Waals surface area contributed by atoms with E-state index in [1.807, 2.05) is 128 Å². The second kappa shape index (κ2) is 14.3. The zero-order valence-electron chi connectivity index (χ0n) is 28.8. The highest BCUT2D eigenvalue weighted by molar-refractivity contribution is 6.09. The SMILES string of the molecule is CCC(Oc1ccc2ccc(Oc3ccc(C(=O)c4ccc(C(C)(C)CC)cc4)cc3)cc2c1)c1ccc(C(=O)c2ccc(C)cc2)cc1. The Labute approximate surface area is 289 Å². The van der Waals surface area contributed by atoms with Crippen molar-refractivity contribution in [2.75, 3.05) is 0 Å². The Morgan fingerprint density at radius 1 is 0.571 bits per heavy atom. The molecule has 246 valence electrons. The lowest BCUT2D eigenvalue weighted by Crippen LogP contribution is -2.15. The predicted octanol–water partition coefficient (Wildman–Crippen LogP) is 11.6. The fraction of sp³-hybridized carbons (Fsp3) is 0.200. The van der Waals surface area contributed by atoms with Crippen molar-refractivity contribution >= 4 is 22.3 Å². The van der Waals surface area contributed by atoms with E-state index < -0.39 is 0 Å². The monoisotopic (exact) mass is 646 g/mol. The molecule has 4 nitrogen and oxygen atoms in total. The molecule has 6 aromatic carbocycles. The van der Waals surface area contributed by atoms with Crippen LogP contribution in [-0.4, -0.2) is 11.6 Å². The zero-order chi connectivity index (χ0) is 34.5. The van der Waals surface area contributed by atoms with E-state index in [1.165, 1.54) is 5.56 Å². The third kappa shape index (κ3) is 7.65. The minimum atomic E-state index is -0.164. The first-order chi connectivity index (χ1) is 23.6. The van der Waals surface area contributed by atoms with Crippen molar-refractivity contribution in [3.63, 3.8) is 0 Å². The van der Waals surface area contributed by atoms with Gasteiger partial charge in [0.25, 0.3) is 0 Å². The average Bonchev–Trinajstić information content (AvgIpc) is 3.14. The number of fused-ring (bicyclic) bond motifs is 1. The van der Waals surface area contributed by atoms with Crippen LogP contribution in [0.2, 0.25) is 0 Å². The number of ether oxygens (including phenoxy) is 2. The summed E-state index contributed by atoms with van der Waals surface area (Å²) in [5.41, 5.74) is 6.08. The van der Waals surface area contributed by atoms with E-state index in [9.17, 15) is 9.59 Å². The molecule has 0 amide bonds. The highest BCUT2D eigenvalue weighted by Gasteiger charge is 2.19. The molecule has 0 aliphatic heterocycles. The Kier molecular flexibility index (Phi) is 9.77. The van der Waals surface area contributed by atoms with Crippen LogP contribution >= 0.6 is 0 Å². The van der Waals surface area contributed by atoms with Crippen molar-refractivity contribution in [2.24, 2.45) is 0 Å². The van der Waals surface area contributed by atoms with Crippen molar-refractivity contribution in [3.05, 3.63) is 172 Å². The number of hydrogen-bond acceptors (Lipinski definition) is 4. The van der Waals surface area contributed by atoms with Crippen LogP contribution in [0, 0.1) is 6.92 Å². The quantitative estimate of drug-likeness (QED) is 0.124. The fourth-order valence-corrected chi connectivity index (χ4v) is 5.87. The molecule has 0 saturated carbocycles. The highest BCUT2D eigenvalue weighted by Crippen LogP contribution is 2.32. The number of ketones is 2. The summed E-state index contributed by atoms with van der Waals surface area (Å²) >= 11 is 0.